The maximum absolute atomic E-state index is 12.2. The zero-order chi connectivity index (χ0) is 16.8. The van der Waals surface area contributed by atoms with Crippen molar-refractivity contribution >= 4 is 36.4 Å². The van der Waals surface area contributed by atoms with Gasteiger partial charge in [-0.25, -0.2) is 0 Å². The van der Waals surface area contributed by atoms with Crippen LogP contribution in [-0.2, 0) is 6.54 Å². The summed E-state index contributed by atoms with van der Waals surface area (Å²) in [5.41, 5.74) is 8.32. The van der Waals surface area contributed by atoms with Crippen molar-refractivity contribution in [1.29, 1.82) is 0 Å². The smallest absolute Gasteiger partial charge is 0.253 e. The predicted molar refractivity (Wildman–Crippen MR) is 112 cm³/mol. The molecule has 1 saturated heterocycles. The van der Waals surface area contributed by atoms with Gasteiger partial charge in [0.15, 0.2) is 0 Å². The number of rotatable bonds is 5. The molecule has 0 spiro atoms. The zero-order valence-electron chi connectivity index (χ0n) is 14.8. The van der Waals surface area contributed by atoms with Crippen LogP contribution in [-0.4, -0.2) is 30.4 Å². The van der Waals surface area contributed by atoms with Gasteiger partial charge in [-0.1, -0.05) is 42.5 Å². The number of hydrogen-bond donors (Lipinski definition) is 2. The number of nitrogens with zero attached hydrogens (tertiary/aromatic N) is 1. The second-order valence-electron chi connectivity index (χ2n) is 6.50. The predicted octanol–water partition coefficient (Wildman–Crippen LogP) is 3.75. The molecule has 1 aliphatic heterocycles. The Morgan fingerprint density at radius 1 is 1.00 bits per heavy atom. The number of para-hydroxylation sites is 1. The van der Waals surface area contributed by atoms with Gasteiger partial charge in [0, 0.05) is 18.8 Å². The van der Waals surface area contributed by atoms with Gasteiger partial charge in [-0.05, 0) is 49.5 Å². The first-order chi connectivity index (χ1) is 11.7. The van der Waals surface area contributed by atoms with Gasteiger partial charge in [-0.15, -0.1) is 24.8 Å². The molecular formula is C20H27Cl2N3O. The number of nitrogen functional groups attached to an aromatic ring is 1. The molecule has 1 amide bonds. The maximum atomic E-state index is 12.2. The molecule has 0 radical (unpaired) electrons. The first-order valence-corrected chi connectivity index (χ1v) is 8.61. The first kappa shape index (κ1) is 22.3. The number of hydrogen-bond acceptors (Lipinski definition) is 3. The van der Waals surface area contributed by atoms with Gasteiger partial charge >= 0.3 is 0 Å². The minimum absolute atomic E-state index is 0. The lowest BCUT2D eigenvalue weighted by molar-refractivity contribution is 0.0936. The molecule has 0 aromatic heterocycles. The third-order valence-electron chi connectivity index (χ3n) is 4.71. The normalized spacial score (nSPS) is 14.8. The molecule has 2 aromatic carbocycles. The number of carbonyl (C=O) groups is 1. The summed E-state index contributed by atoms with van der Waals surface area (Å²) in [5, 5.41) is 3.04. The van der Waals surface area contributed by atoms with Gasteiger partial charge in [-0.3, -0.25) is 9.69 Å². The Hall–Kier alpha value is -1.75. The van der Waals surface area contributed by atoms with E-state index in [1.807, 2.05) is 12.1 Å². The summed E-state index contributed by atoms with van der Waals surface area (Å²) < 4.78 is 0. The summed E-state index contributed by atoms with van der Waals surface area (Å²) in [7, 11) is 0. The van der Waals surface area contributed by atoms with Gasteiger partial charge in [0.25, 0.3) is 5.91 Å². The number of carbonyl (C=O) groups excluding carboxylic acids is 1. The molecule has 1 aliphatic rings. The molecule has 4 nitrogen and oxygen atoms in total. The molecular weight excluding hydrogens is 369 g/mol. The monoisotopic (exact) mass is 395 g/mol. The van der Waals surface area contributed by atoms with Crippen molar-refractivity contribution in [1.82, 2.24) is 10.2 Å². The quantitative estimate of drug-likeness (QED) is 0.757. The van der Waals surface area contributed by atoms with Crippen LogP contribution in [0.15, 0.2) is 54.6 Å². The summed E-state index contributed by atoms with van der Waals surface area (Å²) in [6.45, 7) is 3.92. The first-order valence-electron chi connectivity index (χ1n) is 8.61. The molecule has 0 unspecified atom stereocenters. The Labute approximate surface area is 168 Å². The fourth-order valence-electron chi connectivity index (χ4n) is 3.23. The van der Waals surface area contributed by atoms with Crippen molar-refractivity contribution in [2.75, 3.05) is 25.4 Å². The lowest BCUT2D eigenvalue weighted by atomic mass is 9.96. The van der Waals surface area contributed by atoms with Crippen molar-refractivity contribution in [2.24, 2.45) is 5.92 Å². The van der Waals surface area contributed by atoms with Crippen LogP contribution in [0.5, 0.6) is 0 Å². The van der Waals surface area contributed by atoms with Crippen LogP contribution < -0.4 is 11.1 Å². The number of nitrogens with two attached hydrogens (primary N) is 1. The van der Waals surface area contributed by atoms with Crippen LogP contribution in [0.2, 0.25) is 0 Å². The molecule has 0 atom stereocenters. The van der Waals surface area contributed by atoms with Crippen molar-refractivity contribution in [2.45, 2.75) is 19.4 Å². The van der Waals surface area contributed by atoms with Gasteiger partial charge in [0.1, 0.15) is 0 Å². The molecule has 6 heteroatoms. The number of anilines is 1. The van der Waals surface area contributed by atoms with E-state index in [-0.39, 0.29) is 30.7 Å². The largest absolute Gasteiger partial charge is 0.398 e. The molecule has 1 fully saturated rings. The SMILES string of the molecule is Cl.Cl.Nc1ccccc1C(=O)NCC1CCN(Cc2ccccc2)CC1. The highest BCUT2D eigenvalue weighted by molar-refractivity contribution is 5.99. The second kappa shape index (κ2) is 11.1. The van der Waals surface area contributed by atoms with Crippen LogP contribution in [0.3, 0.4) is 0 Å². The third kappa shape index (κ3) is 6.20. The fraction of sp³-hybridized carbons (Fsp3) is 0.350. The second-order valence-corrected chi connectivity index (χ2v) is 6.50. The van der Waals surface area contributed by atoms with E-state index in [4.69, 9.17) is 5.73 Å². The highest BCUT2D eigenvalue weighted by Gasteiger charge is 2.20. The number of piperidine rings is 1. The van der Waals surface area contributed by atoms with Gasteiger partial charge < -0.3 is 11.1 Å². The molecule has 3 N–H and O–H groups in total. The van der Waals surface area contributed by atoms with E-state index in [1.165, 1.54) is 5.56 Å². The zero-order valence-corrected chi connectivity index (χ0v) is 16.4. The number of halogens is 2. The van der Waals surface area contributed by atoms with E-state index in [2.05, 4.69) is 40.5 Å². The molecule has 26 heavy (non-hydrogen) atoms. The summed E-state index contributed by atoms with van der Waals surface area (Å²) >= 11 is 0. The number of amides is 1. The Kier molecular flexibility index (Phi) is 9.49. The highest BCUT2D eigenvalue weighted by atomic mass is 35.5. The average molecular weight is 396 g/mol. The van der Waals surface area contributed by atoms with E-state index in [0.717, 1.165) is 39.0 Å². The average Bonchev–Trinajstić information content (AvgIpc) is 2.62. The molecule has 0 bridgehead atoms. The molecule has 0 saturated carbocycles. The van der Waals surface area contributed by atoms with E-state index < -0.39 is 0 Å². The lowest BCUT2D eigenvalue weighted by Crippen LogP contribution is -2.38. The van der Waals surface area contributed by atoms with Crippen molar-refractivity contribution in [3.8, 4) is 0 Å². The molecule has 1 heterocycles. The topological polar surface area (TPSA) is 58.4 Å². The maximum Gasteiger partial charge on any atom is 0.253 e. The standard InChI is InChI=1S/C20H25N3O.2ClH/c21-19-9-5-4-8-18(19)20(24)22-14-16-10-12-23(13-11-16)15-17-6-2-1-3-7-17;;/h1-9,16H,10-15,21H2,(H,22,24);2*1H. The minimum Gasteiger partial charge on any atom is -0.398 e. The Balaban J connectivity index is 0.00000169. The van der Waals surface area contributed by atoms with Crippen molar-refractivity contribution < 1.29 is 4.79 Å². The van der Waals surface area contributed by atoms with Crippen molar-refractivity contribution in [3.05, 3.63) is 65.7 Å². The highest BCUT2D eigenvalue weighted by Crippen LogP contribution is 2.19. The number of nitrogens with one attached hydrogen (secondary N) is 1. The third-order valence-corrected chi connectivity index (χ3v) is 4.71. The summed E-state index contributed by atoms with van der Waals surface area (Å²) in [6.07, 6.45) is 2.24. The van der Waals surface area contributed by atoms with E-state index in [9.17, 15) is 4.79 Å². The van der Waals surface area contributed by atoms with Crippen LogP contribution >= 0.6 is 24.8 Å². The summed E-state index contributed by atoms with van der Waals surface area (Å²) in [4.78, 5) is 14.7. The summed E-state index contributed by atoms with van der Waals surface area (Å²) in [6, 6.07) is 17.8. The molecule has 0 aliphatic carbocycles. The van der Waals surface area contributed by atoms with Crippen LogP contribution in [0, 0.1) is 5.92 Å². The molecule has 2 aromatic rings. The molecule has 3 rings (SSSR count). The minimum atomic E-state index is -0.0696. The van der Waals surface area contributed by atoms with Crippen LogP contribution in [0.4, 0.5) is 5.69 Å². The molecule has 142 valence electrons. The van der Waals surface area contributed by atoms with Crippen molar-refractivity contribution in [3.63, 3.8) is 0 Å². The van der Waals surface area contributed by atoms with Crippen LogP contribution in [0.1, 0.15) is 28.8 Å². The van der Waals surface area contributed by atoms with E-state index in [0.29, 0.717) is 17.2 Å². The Bertz CT molecular complexity index is 674. The Morgan fingerprint density at radius 3 is 2.27 bits per heavy atom. The summed E-state index contributed by atoms with van der Waals surface area (Å²) in [5.74, 6) is 0.478. The van der Waals surface area contributed by atoms with Crippen LogP contribution in [0.25, 0.3) is 0 Å². The lowest BCUT2D eigenvalue weighted by Gasteiger charge is -2.32. The van der Waals surface area contributed by atoms with Gasteiger partial charge in [-0.2, -0.15) is 0 Å². The van der Waals surface area contributed by atoms with E-state index >= 15 is 0 Å². The van der Waals surface area contributed by atoms with Gasteiger partial charge in [0.2, 0.25) is 0 Å². The number of likely N-dealkylation sites (tertiary alicyclic amines) is 1. The fourth-order valence-corrected chi connectivity index (χ4v) is 3.23. The van der Waals surface area contributed by atoms with Gasteiger partial charge in [0.05, 0.1) is 5.56 Å². The Morgan fingerprint density at radius 2 is 1.62 bits per heavy atom. The van der Waals surface area contributed by atoms with E-state index in [1.54, 1.807) is 12.1 Å². The number of benzene rings is 2.